The van der Waals surface area contributed by atoms with Gasteiger partial charge in [-0.25, -0.2) is 0 Å². The Morgan fingerprint density at radius 2 is 1.14 bits per heavy atom. The van der Waals surface area contributed by atoms with E-state index in [1.807, 2.05) is 13.8 Å². The first-order valence-electron chi connectivity index (χ1n) is 6.49. The summed E-state index contributed by atoms with van der Waals surface area (Å²) in [6.45, 7) is 10.2. The topological polar surface area (TPSA) is 63.2 Å². The maximum absolute atomic E-state index is 11.5. The van der Waals surface area contributed by atoms with Gasteiger partial charge >= 0.3 is 0 Å². The first-order valence-corrected chi connectivity index (χ1v) is 7.25. The number of hydrogen-bond acceptors (Lipinski definition) is 3. The first kappa shape index (κ1) is 19.6. The molecule has 0 aromatic heterocycles. The Hall–Kier alpha value is -1.39. The number of carbonyl (C=O) groups excluding carboxylic acids is 3. The lowest BCUT2D eigenvalue weighted by atomic mass is 9.92. The van der Waals surface area contributed by atoms with Crippen LogP contribution in [0, 0.1) is 20.8 Å². The van der Waals surface area contributed by atoms with Gasteiger partial charge in [0.1, 0.15) is 0 Å². The van der Waals surface area contributed by atoms with Crippen molar-refractivity contribution < 1.29 is 14.4 Å². The molecule has 0 aliphatic rings. The van der Waals surface area contributed by atoms with Crippen LogP contribution in [0.3, 0.4) is 0 Å². The molecule has 4 nitrogen and oxygen atoms in total. The van der Waals surface area contributed by atoms with Crippen molar-refractivity contribution in [3.63, 3.8) is 0 Å². The van der Waals surface area contributed by atoms with E-state index in [1.165, 1.54) is 6.92 Å². The first-order chi connectivity index (χ1) is 9.68. The molecule has 0 fully saturated rings. The highest BCUT2D eigenvalue weighted by Crippen LogP contribution is 2.33. The molecule has 21 heavy (non-hydrogen) atoms. The summed E-state index contributed by atoms with van der Waals surface area (Å²) in [6, 6.07) is 0. The second-order valence-corrected chi connectivity index (χ2v) is 4.92. The third kappa shape index (κ3) is 4.29. The van der Waals surface area contributed by atoms with E-state index in [0.717, 1.165) is 0 Å². The Bertz CT molecular complexity index is 554. The zero-order valence-electron chi connectivity index (χ0n) is 13.0. The summed E-state index contributed by atoms with van der Waals surface area (Å²) in [6.07, 6.45) is 0. The minimum Gasteiger partial charge on any atom is -0.326 e. The second-order valence-electron chi connectivity index (χ2n) is 4.23. The van der Waals surface area contributed by atoms with Crippen molar-refractivity contribution in [2.45, 2.75) is 41.5 Å². The van der Waals surface area contributed by atoms with Crippen molar-refractivity contribution in [2.75, 3.05) is 5.32 Å². The van der Waals surface area contributed by atoms with E-state index in [-0.39, 0.29) is 17.0 Å². The van der Waals surface area contributed by atoms with E-state index in [4.69, 9.17) is 23.2 Å². The smallest absolute Gasteiger partial charge is 0.253 e. The zero-order valence-corrected chi connectivity index (χ0v) is 14.5. The van der Waals surface area contributed by atoms with E-state index in [9.17, 15) is 14.4 Å². The molecule has 0 heterocycles. The maximum Gasteiger partial charge on any atom is 0.253 e. The fraction of sp³-hybridized carbons (Fsp3) is 0.400. The van der Waals surface area contributed by atoms with Crippen LogP contribution in [-0.4, -0.2) is 16.4 Å². The highest BCUT2D eigenvalue weighted by molar-refractivity contribution is 6.69. The monoisotopic (exact) mass is 331 g/mol. The number of hydrogen-bond donors (Lipinski definition) is 1. The Labute approximate surface area is 134 Å². The largest absolute Gasteiger partial charge is 0.326 e. The normalized spacial score (nSPS) is 9.52. The van der Waals surface area contributed by atoms with Gasteiger partial charge in [0, 0.05) is 23.7 Å². The molecule has 0 saturated heterocycles. The Morgan fingerprint density at radius 3 is 1.38 bits per heavy atom. The van der Waals surface area contributed by atoms with Gasteiger partial charge in [-0.1, -0.05) is 13.8 Å². The van der Waals surface area contributed by atoms with Gasteiger partial charge in [0.05, 0.1) is 0 Å². The van der Waals surface area contributed by atoms with Crippen LogP contribution in [0.4, 0.5) is 5.69 Å². The summed E-state index contributed by atoms with van der Waals surface area (Å²) in [5.41, 5.74) is 2.24. The van der Waals surface area contributed by atoms with Crippen molar-refractivity contribution >= 4 is 45.3 Å². The lowest BCUT2D eigenvalue weighted by Gasteiger charge is -2.18. The van der Waals surface area contributed by atoms with E-state index in [2.05, 4.69) is 5.32 Å². The zero-order chi connectivity index (χ0) is 16.9. The molecule has 1 aromatic carbocycles. The lowest BCUT2D eigenvalue weighted by molar-refractivity contribution is -0.114. The van der Waals surface area contributed by atoms with Gasteiger partial charge in [-0.15, -0.1) is 0 Å². The quantitative estimate of drug-likeness (QED) is 0.837. The Balaban J connectivity index is 0.00000191. The van der Waals surface area contributed by atoms with Crippen molar-refractivity contribution in [2.24, 2.45) is 0 Å². The number of amides is 1. The highest BCUT2D eigenvalue weighted by atomic mass is 35.5. The molecule has 0 spiro atoms. The van der Waals surface area contributed by atoms with Gasteiger partial charge in [-0.05, 0) is 60.7 Å². The van der Waals surface area contributed by atoms with Gasteiger partial charge < -0.3 is 5.32 Å². The minimum absolute atomic E-state index is 0.194. The molecule has 0 radical (unpaired) electrons. The molecule has 0 aliphatic heterocycles. The summed E-state index contributed by atoms with van der Waals surface area (Å²) in [4.78, 5) is 34.2. The molecule has 0 saturated carbocycles. The van der Waals surface area contributed by atoms with E-state index in [0.29, 0.717) is 22.4 Å². The van der Waals surface area contributed by atoms with Crippen LogP contribution in [0.15, 0.2) is 0 Å². The molecular weight excluding hydrogens is 313 g/mol. The third-order valence-electron chi connectivity index (χ3n) is 2.94. The highest BCUT2D eigenvalue weighted by Gasteiger charge is 2.23. The summed E-state index contributed by atoms with van der Waals surface area (Å²) in [5.74, 6) is -0.309. The van der Waals surface area contributed by atoms with Gasteiger partial charge in [-0.2, -0.15) is 0 Å². The minimum atomic E-state index is -0.694. The predicted octanol–water partition coefficient (Wildman–Crippen LogP) is 4.35. The third-order valence-corrected chi connectivity index (χ3v) is 3.32. The standard InChI is InChI=1S/C13H13Cl2NO3.C2H6/c1-5-9(12(14)18)6(2)11(16-8(4)17)7(3)10(5)13(15)19;1-2/h1-4H3,(H,16,17);1-2H3. The van der Waals surface area contributed by atoms with Gasteiger partial charge in [-0.3, -0.25) is 14.4 Å². The SMILES string of the molecule is CC.CC(=O)Nc1c(C)c(C(=O)Cl)c(C)c(C(=O)Cl)c1C. The van der Waals surface area contributed by atoms with Crippen LogP contribution in [0.25, 0.3) is 0 Å². The molecule has 0 aliphatic carbocycles. The average Bonchev–Trinajstić information content (AvgIpc) is 2.35. The Morgan fingerprint density at radius 1 is 0.810 bits per heavy atom. The van der Waals surface area contributed by atoms with Gasteiger partial charge in [0.15, 0.2) is 0 Å². The molecule has 1 aromatic rings. The summed E-state index contributed by atoms with van der Waals surface area (Å²) < 4.78 is 0. The van der Waals surface area contributed by atoms with E-state index >= 15 is 0 Å². The van der Waals surface area contributed by atoms with Crippen molar-refractivity contribution in [3.8, 4) is 0 Å². The fourth-order valence-corrected chi connectivity index (χ4v) is 2.74. The van der Waals surface area contributed by atoms with E-state index < -0.39 is 10.5 Å². The molecule has 1 rings (SSSR count). The molecule has 0 bridgehead atoms. The van der Waals surface area contributed by atoms with Crippen LogP contribution in [0.2, 0.25) is 0 Å². The molecule has 116 valence electrons. The summed E-state index contributed by atoms with van der Waals surface area (Å²) in [5, 5.41) is 1.21. The number of benzene rings is 1. The predicted molar refractivity (Wildman–Crippen MR) is 86.7 cm³/mol. The number of rotatable bonds is 3. The summed E-state index contributed by atoms with van der Waals surface area (Å²) >= 11 is 11.1. The average molecular weight is 332 g/mol. The van der Waals surface area contributed by atoms with Crippen LogP contribution in [0.1, 0.15) is 58.2 Å². The Kier molecular flexibility index (Phi) is 7.61. The number of carbonyl (C=O) groups is 3. The maximum atomic E-state index is 11.5. The van der Waals surface area contributed by atoms with Crippen LogP contribution < -0.4 is 5.32 Å². The lowest BCUT2D eigenvalue weighted by Crippen LogP contribution is -2.15. The number of nitrogens with one attached hydrogen (secondary N) is 1. The van der Waals surface area contributed by atoms with Gasteiger partial charge in [0.2, 0.25) is 5.91 Å². The van der Waals surface area contributed by atoms with Gasteiger partial charge in [0.25, 0.3) is 10.5 Å². The van der Waals surface area contributed by atoms with Crippen LogP contribution >= 0.6 is 23.2 Å². The van der Waals surface area contributed by atoms with Crippen molar-refractivity contribution in [3.05, 3.63) is 27.8 Å². The van der Waals surface area contributed by atoms with Crippen molar-refractivity contribution in [1.82, 2.24) is 0 Å². The fourth-order valence-electron chi connectivity index (χ4n) is 2.17. The van der Waals surface area contributed by atoms with Crippen LogP contribution in [0.5, 0.6) is 0 Å². The van der Waals surface area contributed by atoms with E-state index in [1.54, 1.807) is 20.8 Å². The molecule has 0 atom stereocenters. The molecule has 0 unspecified atom stereocenters. The molecular formula is C15H19Cl2NO3. The number of halogens is 2. The molecule has 6 heteroatoms. The molecule has 1 N–H and O–H groups in total. The van der Waals surface area contributed by atoms with Crippen molar-refractivity contribution in [1.29, 1.82) is 0 Å². The molecule has 1 amide bonds. The number of anilines is 1. The summed E-state index contributed by atoms with van der Waals surface area (Å²) in [7, 11) is 0. The van der Waals surface area contributed by atoms with Crippen LogP contribution in [-0.2, 0) is 4.79 Å². The second kappa shape index (κ2) is 8.15.